The molecule has 7 nitrogen and oxygen atoms in total. The predicted octanol–water partition coefficient (Wildman–Crippen LogP) is 1.87. The number of carbonyl (C=O) groups excluding carboxylic acids is 1. The highest BCUT2D eigenvalue weighted by Gasteiger charge is 2.36. The van der Waals surface area contributed by atoms with E-state index in [-0.39, 0.29) is 12.0 Å². The van der Waals surface area contributed by atoms with Gasteiger partial charge in [-0.2, -0.15) is 0 Å². The summed E-state index contributed by atoms with van der Waals surface area (Å²) in [5, 5.41) is 18.2. The van der Waals surface area contributed by atoms with Crippen LogP contribution in [0.5, 0.6) is 0 Å². The summed E-state index contributed by atoms with van der Waals surface area (Å²) in [4.78, 5) is 13.7. The molecule has 1 aliphatic rings. The van der Waals surface area contributed by atoms with Crippen molar-refractivity contribution in [2.24, 2.45) is 13.0 Å². The first-order chi connectivity index (χ1) is 9.69. The first-order valence-corrected chi connectivity index (χ1v) is 7.69. The van der Waals surface area contributed by atoms with Gasteiger partial charge in [0.2, 0.25) is 0 Å². The number of carbonyl (C=O) groups is 1. The molecule has 1 aromatic heterocycles. The molecular formula is C13H21BrN4O3. The van der Waals surface area contributed by atoms with Crippen LogP contribution in [0.15, 0.2) is 4.60 Å². The van der Waals surface area contributed by atoms with Gasteiger partial charge in [-0.05, 0) is 43.1 Å². The van der Waals surface area contributed by atoms with Gasteiger partial charge in [-0.25, -0.2) is 9.48 Å². The maximum atomic E-state index is 12.0. The van der Waals surface area contributed by atoms with Crippen LogP contribution in [-0.4, -0.2) is 49.8 Å². The van der Waals surface area contributed by atoms with Gasteiger partial charge in [0.05, 0.1) is 0 Å². The molecule has 2 atom stereocenters. The van der Waals surface area contributed by atoms with Crippen molar-refractivity contribution in [3.05, 3.63) is 10.3 Å². The number of amides is 1. The van der Waals surface area contributed by atoms with Crippen LogP contribution in [0.25, 0.3) is 0 Å². The third-order valence-corrected chi connectivity index (χ3v) is 3.99. The Morgan fingerprint density at radius 2 is 2.19 bits per heavy atom. The summed E-state index contributed by atoms with van der Waals surface area (Å²) in [5.74, 6) is -0.0500. The Kier molecular flexibility index (Phi) is 4.57. The molecule has 0 aliphatic carbocycles. The molecule has 0 bridgehead atoms. The summed E-state index contributed by atoms with van der Waals surface area (Å²) in [6, 6.07) is 0. The van der Waals surface area contributed by atoms with Crippen molar-refractivity contribution in [2.75, 3.05) is 13.1 Å². The smallest absolute Gasteiger partial charge is 0.410 e. The lowest BCUT2D eigenvalue weighted by Crippen LogP contribution is -2.35. The van der Waals surface area contributed by atoms with Crippen molar-refractivity contribution in [3.63, 3.8) is 0 Å². The number of nitrogens with zero attached hydrogens (tertiary/aromatic N) is 4. The molecule has 1 aliphatic heterocycles. The summed E-state index contributed by atoms with van der Waals surface area (Å²) in [6.45, 7) is 6.57. The predicted molar refractivity (Wildman–Crippen MR) is 79.6 cm³/mol. The van der Waals surface area contributed by atoms with E-state index in [9.17, 15) is 9.90 Å². The van der Waals surface area contributed by atoms with Crippen LogP contribution in [0.4, 0.5) is 4.79 Å². The highest BCUT2D eigenvalue weighted by atomic mass is 79.9. The van der Waals surface area contributed by atoms with Gasteiger partial charge in [0, 0.05) is 26.1 Å². The summed E-state index contributed by atoms with van der Waals surface area (Å²) < 4.78 is 7.44. The quantitative estimate of drug-likeness (QED) is 0.870. The first kappa shape index (κ1) is 16.2. The van der Waals surface area contributed by atoms with Crippen LogP contribution in [0, 0.1) is 5.92 Å². The molecule has 0 spiro atoms. The maximum absolute atomic E-state index is 12.0. The molecule has 118 valence electrons. The molecule has 8 heteroatoms. The highest BCUT2D eigenvalue weighted by Crippen LogP contribution is 2.33. The zero-order valence-electron chi connectivity index (χ0n) is 12.7. The van der Waals surface area contributed by atoms with E-state index in [2.05, 4.69) is 26.2 Å². The number of aryl methyl sites for hydroxylation is 1. The van der Waals surface area contributed by atoms with Crippen molar-refractivity contribution in [1.82, 2.24) is 19.9 Å². The van der Waals surface area contributed by atoms with Gasteiger partial charge in [0.15, 0.2) is 4.60 Å². The largest absolute Gasteiger partial charge is 0.444 e. The van der Waals surface area contributed by atoms with E-state index in [4.69, 9.17) is 4.74 Å². The summed E-state index contributed by atoms with van der Waals surface area (Å²) in [5.41, 5.74) is 0.119. The Morgan fingerprint density at radius 1 is 1.52 bits per heavy atom. The van der Waals surface area contributed by atoms with E-state index in [1.807, 2.05) is 20.8 Å². The second-order valence-electron chi connectivity index (χ2n) is 6.31. The van der Waals surface area contributed by atoms with Crippen molar-refractivity contribution in [3.8, 4) is 0 Å². The molecule has 1 amide bonds. The van der Waals surface area contributed by atoms with E-state index >= 15 is 0 Å². The fourth-order valence-corrected chi connectivity index (χ4v) is 2.98. The monoisotopic (exact) mass is 360 g/mol. The molecular weight excluding hydrogens is 340 g/mol. The van der Waals surface area contributed by atoms with E-state index in [0.29, 0.717) is 23.4 Å². The van der Waals surface area contributed by atoms with E-state index in [0.717, 1.165) is 6.42 Å². The summed E-state index contributed by atoms with van der Waals surface area (Å²) in [7, 11) is 1.73. The standard InChI is InChI=1S/C13H21BrN4O3/c1-13(2,3)21-12(20)18-6-5-8(7-18)10(19)9-11(14)15-16-17(9)4/h8,10,19H,5-7H2,1-4H3. The van der Waals surface area contributed by atoms with Gasteiger partial charge in [-0.15, -0.1) is 5.10 Å². The first-order valence-electron chi connectivity index (χ1n) is 6.90. The molecule has 1 N–H and O–H groups in total. The summed E-state index contributed by atoms with van der Waals surface area (Å²) >= 11 is 3.29. The Labute approximate surface area is 132 Å². The van der Waals surface area contributed by atoms with Gasteiger partial charge in [0.1, 0.15) is 17.4 Å². The average molecular weight is 361 g/mol. The second kappa shape index (κ2) is 5.92. The Morgan fingerprint density at radius 3 is 2.71 bits per heavy atom. The van der Waals surface area contributed by atoms with Gasteiger partial charge in [0.25, 0.3) is 0 Å². The van der Waals surface area contributed by atoms with Gasteiger partial charge in [-0.1, -0.05) is 5.21 Å². The summed E-state index contributed by atoms with van der Waals surface area (Å²) in [6.07, 6.45) is -0.330. The molecule has 2 heterocycles. The van der Waals surface area contributed by atoms with Crippen LogP contribution in [0.3, 0.4) is 0 Å². The number of rotatable bonds is 2. The van der Waals surface area contributed by atoms with Gasteiger partial charge in [-0.3, -0.25) is 0 Å². The molecule has 0 saturated carbocycles. The normalized spacial score (nSPS) is 20.7. The highest BCUT2D eigenvalue weighted by molar-refractivity contribution is 9.10. The van der Waals surface area contributed by atoms with Crippen molar-refractivity contribution < 1.29 is 14.6 Å². The number of likely N-dealkylation sites (tertiary alicyclic amines) is 1. The number of hydrogen-bond acceptors (Lipinski definition) is 5. The number of aliphatic hydroxyl groups excluding tert-OH is 1. The molecule has 1 saturated heterocycles. The Balaban J connectivity index is 2.01. The number of aliphatic hydroxyl groups is 1. The molecule has 21 heavy (non-hydrogen) atoms. The number of halogens is 1. The van der Waals surface area contributed by atoms with E-state index in [1.54, 1.807) is 16.6 Å². The van der Waals surface area contributed by atoms with Crippen molar-refractivity contribution in [1.29, 1.82) is 0 Å². The maximum Gasteiger partial charge on any atom is 0.410 e. The average Bonchev–Trinajstić information content (AvgIpc) is 2.94. The fraction of sp³-hybridized carbons (Fsp3) is 0.769. The Hall–Kier alpha value is -1.15. The molecule has 1 aromatic rings. The Bertz CT molecular complexity index is 506. The number of aromatic nitrogens is 3. The van der Waals surface area contributed by atoms with Crippen LogP contribution < -0.4 is 0 Å². The van der Waals surface area contributed by atoms with Crippen LogP contribution in [0.1, 0.15) is 39.0 Å². The minimum atomic E-state index is -0.716. The topological polar surface area (TPSA) is 80.5 Å². The molecule has 1 fully saturated rings. The zero-order valence-corrected chi connectivity index (χ0v) is 14.3. The van der Waals surface area contributed by atoms with Gasteiger partial charge >= 0.3 is 6.09 Å². The zero-order chi connectivity index (χ0) is 15.8. The SMILES string of the molecule is Cn1nnc(Br)c1C(O)C1CCN(C(=O)OC(C)(C)C)C1. The van der Waals surface area contributed by atoms with Gasteiger partial charge < -0.3 is 14.7 Å². The van der Waals surface area contributed by atoms with Crippen LogP contribution in [-0.2, 0) is 11.8 Å². The second-order valence-corrected chi connectivity index (χ2v) is 7.06. The molecule has 0 radical (unpaired) electrons. The number of hydrogen-bond donors (Lipinski definition) is 1. The van der Waals surface area contributed by atoms with E-state index < -0.39 is 11.7 Å². The fourth-order valence-electron chi connectivity index (χ4n) is 2.41. The lowest BCUT2D eigenvalue weighted by atomic mass is 9.99. The minimum absolute atomic E-state index is 0.0500. The minimum Gasteiger partial charge on any atom is -0.444 e. The lowest BCUT2D eigenvalue weighted by molar-refractivity contribution is 0.0265. The van der Waals surface area contributed by atoms with Crippen molar-refractivity contribution in [2.45, 2.75) is 38.9 Å². The van der Waals surface area contributed by atoms with E-state index in [1.165, 1.54) is 0 Å². The lowest BCUT2D eigenvalue weighted by Gasteiger charge is -2.25. The third kappa shape index (κ3) is 3.74. The molecule has 2 unspecified atom stereocenters. The number of ether oxygens (including phenoxy) is 1. The molecule has 2 rings (SSSR count). The molecule has 0 aromatic carbocycles. The van der Waals surface area contributed by atoms with Crippen LogP contribution >= 0.6 is 15.9 Å². The van der Waals surface area contributed by atoms with Crippen molar-refractivity contribution >= 4 is 22.0 Å². The third-order valence-electron chi connectivity index (χ3n) is 3.43. The van der Waals surface area contributed by atoms with Crippen LogP contribution in [0.2, 0.25) is 0 Å².